The first-order chi connectivity index (χ1) is 9.99. The van der Waals surface area contributed by atoms with Crippen molar-refractivity contribution in [2.75, 3.05) is 25.4 Å². The second kappa shape index (κ2) is 8.52. The van der Waals surface area contributed by atoms with E-state index >= 15 is 0 Å². The van der Waals surface area contributed by atoms with E-state index in [1.165, 1.54) is 11.0 Å². The molecule has 0 unspecified atom stereocenters. The van der Waals surface area contributed by atoms with Gasteiger partial charge in [-0.1, -0.05) is 25.4 Å². The van der Waals surface area contributed by atoms with E-state index in [4.69, 9.17) is 17.3 Å². The SMILES string of the molecule is CCCNC(=O)CN(CCC)C(=O)c1ccc(N)c(Cl)c1. The summed E-state index contributed by atoms with van der Waals surface area (Å²) in [5, 5.41) is 3.11. The molecule has 0 saturated heterocycles. The lowest BCUT2D eigenvalue weighted by atomic mass is 10.1. The van der Waals surface area contributed by atoms with Crippen molar-refractivity contribution >= 4 is 29.1 Å². The quantitative estimate of drug-likeness (QED) is 0.759. The zero-order valence-electron chi connectivity index (χ0n) is 12.5. The molecular formula is C15H22ClN3O2. The largest absolute Gasteiger partial charge is 0.398 e. The number of hydrogen-bond donors (Lipinski definition) is 2. The van der Waals surface area contributed by atoms with E-state index in [2.05, 4.69) is 5.32 Å². The van der Waals surface area contributed by atoms with Gasteiger partial charge in [-0.3, -0.25) is 9.59 Å². The number of nitrogens with one attached hydrogen (secondary N) is 1. The summed E-state index contributed by atoms with van der Waals surface area (Å²) in [6.45, 7) is 5.11. The molecule has 116 valence electrons. The van der Waals surface area contributed by atoms with Crippen molar-refractivity contribution in [1.29, 1.82) is 0 Å². The van der Waals surface area contributed by atoms with Crippen molar-refractivity contribution < 1.29 is 9.59 Å². The first kappa shape index (κ1) is 17.3. The van der Waals surface area contributed by atoms with E-state index in [0.717, 1.165) is 12.8 Å². The van der Waals surface area contributed by atoms with Crippen molar-refractivity contribution in [2.45, 2.75) is 26.7 Å². The van der Waals surface area contributed by atoms with Gasteiger partial charge in [-0.2, -0.15) is 0 Å². The van der Waals surface area contributed by atoms with Crippen molar-refractivity contribution in [2.24, 2.45) is 0 Å². The van der Waals surface area contributed by atoms with Gasteiger partial charge in [0.15, 0.2) is 0 Å². The van der Waals surface area contributed by atoms with Crippen LogP contribution in [0.4, 0.5) is 5.69 Å². The molecule has 1 aromatic rings. The van der Waals surface area contributed by atoms with Crippen LogP contribution in [0.15, 0.2) is 18.2 Å². The molecule has 0 atom stereocenters. The Labute approximate surface area is 130 Å². The molecule has 2 amide bonds. The van der Waals surface area contributed by atoms with Crippen LogP contribution in [0, 0.1) is 0 Å². The summed E-state index contributed by atoms with van der Waals surface area (Å²) in [7, 11) is 0. The van der Waals surface area contributed by atoms with Gasteiger partial charge in [0.1, 0.15) is 0 Å². The Balaban J connectivity index is 2.81. The highest BCUT2D eigenvalue weighted by atomic mass is 35.5. The summed E-state index contributed by atoms with van der Waals surface area (Å²) < 4.78 is 0. The predicted molar refractivity (Wildman–Crippen MR) is 85.4 cm³/mol. The number of nitrogens with zero attached hydrogens (tertiary/aromatic N) is 1. The molecule has 1 aromatic carbocycles. The van der Waals surface area contributed by atoms with E-state index < -0.39 is 0 Å². The Hall–Kier alpha value is -1.75. The van der Waals surface area contributed by atoms with Crippen LogP contribution in [-0.2, 0) is 4.79 Å². The van der Waals surface area contributed by atoms with E-state index in [9.17, 15) is 9.59 Å². The minimum atomic E-state index is -0.217. The second-order valence-corrected chi connectivity index (χ2v) is 5.22. The highest BCUT2D eigenvalue weighted by Crippen LogP contribution is 2.20. The molecule has 0 aliphatic carbocycles. The minimum Gasteiger partial charge on any atom is -0.398 e. The molecule has 0 heterocycles. The third-order valence-corrected chi connectivity index (χ3v) is 3.26. The maximum atomic E-state index is 12.5. The molecular weight excluding hydrogens is 290 g/mol. The lowest BCUT2D eigenvalue weighted by Crippen LogP contribution is -2.41. The van der Waals surface area contributed by atoms with Crippen LogP contribution < -0.4 is 11.1 Å². The van der Waals surface area contributed by atoms with Gasteiger partial charge in [-0.25, -0.2) is 0 Å². The molecule has 5 nitrogen and oxygen atoms in total. The highest BCUT2D eigenvalue weighted by molar-refractivity contribution is 6.33. The summed E-state index contributed by atoms with van der Waals surface area (Å²) in [6.07, 6.45) is 1.64. The van der Waals surface area contributed by atoms with Crippen molar-refractivity contribution in [1.82, 2.24) is 10.2 Å². The fourth-order valence-electron chi connectivity index (χ4n) is 1.86. The van der Waals surface area contributed by atoms with Crippen LogP contribution in [0.2, 0.25) is 5.02 Å². The minimum absolute atomic E-state index is 0.0503. The molecule has 3 N–H and O–H groups in total. The average molecular weight is 312 g/mol. The van der Waals surface area contributed by atoms with E-state index in [1.54, 1.807) is 12.1 Å². The first-order valence-electron chi connectivity index (χ1n) is 7.10. The van der Waals surface area contributed by atoms with Crippen LogP contribution in [0.25, 0.3) is 0 Å². The van der Waals surface area contributed by atoms with Gasteiger partial charge < -0.3 is 16.0 Å². The fourth-order valence-corrected chi connectivity index (χ4v) is 2.04. The number of carbonyl (C=O) groups is 2. The number of anilines is 1. The summed E-state index contributed by atoms with van der Waals surface area (Å²) >= 11 is 5.94. The molecule has 21 heavy (non-hydrogen) atoms. The molecule has 0 fully saturated rings. The standard InChI is InChI=1S/C15H22ClN3O2/c1-3-7-18-14(20)10-19(8-4-2)15(21)11-5-6-13(17)12(16)9-11/h5-6,9H,3-4,7-8,10,17H2,1-2H3,(H,18,20). The molecule has 0 radical (unpaired) electrons. The zero-order valence-corrected chi connectivity index (χ0v) is 13.2. The summed E-state index contributed by atoms with van der Waals surface area (Å²) in [6, 6.07) is 4.75. The lowest BCUT2D eigenvalue weighted by molar-refractivity contribution is -0.121. The zero-order chi connectivity index (χ0) is 15.8. The Morgan fingerprint density at radius 2 is 2.00 bits per heavy atom. The Kier molecular flexibility index (Phi) is 7.02. The number of benzene rings is 1. The van der Waals surface area contributed by atoms with Crippen molar-refractivity contribution in [3.8, 4) is 0 Å². The Morgan fingerprint density at radius 3 is 2.57 bits per heavy atom. The molecule has 0 aliphatic rings. The number of hydrogen-bond acceptors (Lipinski definition) is 3. The van der Waals surface area contributed by atoms with Crippen molar-refractivity contribution in [3.63, 3.8) is 0 Å². The first-order valence-corrected chi connectivity index (χ1v) is 7.48. The predicted octanol–water partition coefficient (Wildman–Crippen LogP) is 2.30. The van der Waals surface area contributed by atoms with E-state index in [-0.39, 0.29) is 18.4 Å². The number of halogens is 1. The van der Waals surface area contributed by atoms with Gasteiger partial charge in [-0.15, -0.1) is 0 Å². The average Bonchev–Trinajstić information content (AvgIpc) is 2.46. The van der Waals surface area contributed by atoms with Crippen LogP contribution >= 0.6 is 11.6 Å². The summed E-state index contributed by atoms with van der Waals surface area (Å²) in [5.74, 6) is -0.370. The molecule has 0 bridgehead atoms. The molecule has 6 heteroatoms. The van der Waals surface area contributed by atoms with Gasteiger partial charge >= 0.3 is 0 Å². The molecule has 0 aliphatic heterocycles. The molecule has 0 aromatic heterocycles. The molecule has 0 saturated carbocycles. The Bertz CT molecular complexity index is 506. The Morgan fingerprint density at radius 1 is 1.29 bits per heavy atom. The van der Waals surface area contributed by atoms with Crippen LogP contribution in [-0.4, -0.2) is 36.3 Å². The van der Waals surface area contributed by atoms with Gasteiger partial charge in [-0.05, 0) is 31.0 Å². The fraction of sp³-hybridized carbons (Fsp3) is 0.467. The summed E-state index contributed by atoms with van der Waals surface area (Å²) in [4.78, 5) is 25.8. The van der Waals surface area contributed by atoms with E-state index in [0.29, 0.717) is 29.4 Å². The third-order valence-electron chi connectivity index (χ3n) is 2.93. The topological polar surface area (TPSA) is 75.4 Å². The second-order valence-electron chi connectivity index (χ2n) is 4.81. The third kappa shape index (κ3) is 5.27. The van der Waals surface area contributed by atoms with Crippen LogP contribution in [0.3, 0.4) is 0 Å². The molecule has 0 spiro atoms. The number of nitrogens with two attached hydrogens (primary N) is 1. The van der Waals surface area contributed by atoms with Gasteiger partial charge in [0, 0.05) is 18.7 Å². The van der Waals surface area contributed by atoms with Gasteiger partial charge in [0.2, 0.25) is 5.91 Å². The maximum Gasteiger partial charge on any atom is 0.254 e. The highest BCUT2D eigenvalue weighted by Gasteiger charge is 2.18. The number of amides is 2. The number of carbonyl (C=O) groups excluding carboxylic acids is 2. The maximum absolute atomic E-state index is 12.5. The van der Waals surface area contributed by atoms with Crippen LogP contribution in [0.1, 0.15) is 37.0 Å². The van der Waals surface area contributed by atoms with Gasteiger partial charge in [0.05, 0.1) is 17.3 Å². The number of nitrogen functional groups attached to an aromatic ring is 1. The van der Waals surface area contributed by atoms with Crippen molar-refractivity contribution in [3.05, 3.63) is 28.8 Å². The van der Waals surface area contributed by atoms with E-state index in [1.807, 2.05) is 13.8 Å². The normalized spacial score (nSPS) is 10.2. The monoisotopic (exact) mass is 311 g/mol. The molecule has 1 rings (SSSR count). The van der Waals surface area contributed by atoms with Crippen LogP contribution in [0.5, 0.6) is 0 Å². The smallest absolute Gasteiger partial charge is 0.254 e. The number of rotatable bonds is 7. The van der Waals surface area contributed by atoms with Gasteiger partial charge in [0.25, 0.3) is 5.91 Å². The summed E-state index contributed by atoms with van der Waals surface area (Å²) in [5.41, 5.74) is 6.50. The lowest BCUT2D eigenvalue weighted by Gasteiger charge is -2.22.